The average molecular weight is 450 g/mol. The summed E-state index contributed by atoms with van der Waals surface area (Å²) in [5.74, 6) is -1.33. The van der Waals surface area contributed by atoms with Crippen LogP contribution in [0.3, 0.4) is 0 Å². The molecule has 1 aromatic heterocycles. The summed E-state index contributed by atoms with van der Waals surface area (Å²) < 4.78 is 7.61. The third-order valence-corrected chi connectivity index (χ3v) is 6.92. The molecule has 2 aromatic rings. The Morgan fingerprint density at radius 1 is 1.30 bits per heavy atom. The maximum Gasteiger partial charge on any atom is 0.274 e. The number of aromatic nitrogens is 1. The van der Waals surface area contributed by atoms with E-state index >= 15 is 0 Å². The average Bonchev–Trinajstić information content (AvgIpc) is 3.13. The van der Waals surface area contributed by atoms with Gasteiger partial charge in [0.25, 0.3) is 11.8 Å². The fourth-order valence-electron chi connectivity index (χ4n) is 5.15. The molecule has 0 aliphatic carbocycles. The number of amides is 2. The second-order valence-corrected chi connectivity index (χ2v) is 9.12. The predicted molar refractivity (Wildman–Crippen MR) is 120 cm³/mol. The molecule has 2 amide bonds. The molecule has 1 fully saturated rings. The number of carbonyl (C=O) groups is 2. The van der Waals surface area contributed by atoms with Gasteiger partial charge in [-0.05, 0) is 32.3 Å². The molecule has 9 heteroatoms. The second-order valence-electron chi connectivity index (χ2n) is 9.12. The van der Waals surface area contributed by atoms with Crippen LogP contribution in [0.15, 0.2) is 46.5 Å². The van der Waals surface area contributed by atoms with Crippen molar-refractivity contribution < 1.29 is 19.2 Å². The fraction of sp³-hybridized carbons (Fsp3) is 0.417. The summed E-state index contributed by atoms with van der Waals surface area (Å²) >= 11 is 0. The van der Waals surface area contributed by atoms with Crippen molar-refractivity contribution in [1.82, 2.24) is 9.47 Å². The van der Waals surface area contributed by atoms with Crippen LogP contribution in [0, 0.1) is 0 Å². The number of hydrogen-bond acceptors (Lipinski definition) is 6. The van der Waals surface area contributed by atoms with Crippen molar-refractivity contribution in [2.75, 3.05) is 6.54 Å². The van der Waals surface area contributed by atoms with Gasteiger partial charge in [0, 0.05) is 25.2 Å². The first-order valence-electron chi connectivity index (χ1n) is 11.1. The van der Waals surface area contributed by atoms with Gasteiger partial charge in [-0.3, -0.25) is 14.4 Å². The number of pyridine rings is 1. The van der Waals surface area contributed by atoms with E-state index < -0.39 is 16.9 Å². The second kappa shape index (κ2) is 7.75. The molecule has 3 atom stereocenters. The molecule has 0 saturated carbocycles. The first-order chi connectivity index (χ1) is 15.8. The zero-order valence-corrected chi connectivity index (χ0v) is 18.6. The lowest BCUT2D eigenvalue weighted by atomic mass is 9.84. The number of carbonyl (C=O) groups excluding carboxylic acids is 2. The summed E-state index contributed by atoms with van der Waals surface area (Å²) in [5.41, 5.74) is 5.79. The molecule has 1 aromatic carbocycles. The van der Waals surface area contributed by atoms with Crippen molar-refractivity contribution in [3.8, 4) is 5.75 Å². The minimum atomic E-state index is -0.870. The van der Waals surface area contributed by atoms with Crippen LogP contribution in [0.5, 0.6) is 5.75 Å². The highest BCUT2D eigenvalue weighted by molar-refractivity contribution is 5.99. The number of fused-ring (bicyclic) bond motifs is 5. The van der Waals surface area contributed by atoms with Crippen LogP contribution in [0.1, 0.15) is 65.6 Å². The topological polar surface area (TPSA) is 116 Å². The molecule has 172 valence electrons. The van der Waals surface area contributed by atoms with Gasteiger partial charge in [-0.15, -0.1) is 0 Å². The highest BCUT2D eigenvalue weighted by Crippen LogP contribution is 2.46. The number of hydrogen-bond donors (Lipinski definition) is 1. The SMILES string of the molecule is CC1=NO[C@@]2(CC[C@H](C)N3C[C@H]2n2cc(C(N)=O)c(=O)c(OCc4ccccc4)c2C3=O)C1. The predicted octanol–water partition coefficient (Wildman–Crippen LogP) is 2.24. The third kappa shape index (κ3) is 3.39. The van der Waals surface area contributed by atoms with E-state index in [9.17, 15) is 14.4 Å². The summed E-state index contributed by atoms with van der Waals surface area (Å²) in [6.45, 7) is 4.36. The third-order valence-electron chi connectivity index (χ3n) is 6.92. The van der Waals surface area contributed by atoms with Crippen molar-refractivity contribution in [1.29, 1.82) is 0 Å². The Bertz CT molecular complexity index is 1220. The quantitative estimate of drug-likeness (QED) is 0.767. The van der Waals surface area contributed by atoms with Crippen molar-refractivity contribution in [3.05, 3.63) is 63.6 Å². The van der Waals surface area contributed by atoms with Gasteiger partial charge in [-0.1, -0.05) is 35.5 Å². The smallest absolute Gasteiger partial charge is 0.274 e. The number of rotatable bonds is 4. The number of oxime groups is 1. The minimum absolute atomic E-state index is 0.0504. The molecule has 5 rings (SSSR count). The summed E-state index contributed by atoms with van der Waals surface area (Å²) in [5, 5.41) is 4.21. The zero-order valence-electron chi connectivity index (χ0n) is 18.6. The van der Waals surface area contributed by atoms with Gasteiger partial charge in [-0.25, -0.2) is 0 Å². The van der Waals surface area contributed by atoms with Gasteiger partial charge in [0.2, 0.25) is 5.43 Å². The fourth-order valence-corrected chi connectivity index (χ4v) is 5.15. The highest BCUT2D eigenvalue weighted by Gasteiger charge is 2.53. The molecule has 33 heavy (non-hydrogen) atoms. The van der Waals surface area contributed by atoms with Crippen LogP contribution >= 0.6 is 0 Å². The van der Waals surface area contributed by atoms with Crippen molar-refractivity contribution in [2.24, 2.45) is 10.9 Å². The summed E-state index contributed by atoms with van der Waals surface area (Å²) in [6.07, 6.45) is 3.40. The first-order valence-corrected chi connectivity index (χ1v) is 11.1. The number of ether oxygens (including phenoxy) is 1. The van der Waals surface area contributed by atoms with E-state index in [2.05, 4.69) is 5.16 Å². The Morgan fingerprint density at radius 2 is 2.06 bits per heavy atom. The van der Waals surface area contributed by atoms with Crippen LogP contribution in [0.4, 0.5) is 0 Å². The zero-order chi connectivity index (χ0) is 23.3. The normalized spacial score (nSPS) is 25.8. The summed E-state index contributed by atoms with van der Waals surface area (Å²) in [4.78, 5) is 46.8. The Labute approximate surface area is 190 Å². The van der Waals surface area contributed by atoms with Crippen LogP contribution in [-0.2, 0) is 11.4 Å². The van der Waals surface area contributed by atoms with E-state index in [1.807, 2.05) is 44.2 Å². The van der Waals surface area contributed by atoms with E-state index in [0.29, 0.717) is 19.4 Å². The Morgan fingerprint density at radius 3 is 2.73 bits per heavy atom. The lowest BCUT2D eigenvalue weighted by molar-refractivity contribution is -0.0656. The van der Waals surface area contributed by atoms with Crippen LogP contribution in [0.25, 0.3) is 0 Å². The van der Waals surface area contributed by atoms with E-state index in [1.54, 1.807) is 9.47 Å². The monoisotopic (exact) mass is 450 g/mol. The lowest BCUT2D eigenvalue weighted by Gasteiger charge is -2.42. The standard InChI is InChI=1S/C24H26N4O5/c1-14-10-24(33-26-14)9-8-15(2)27-12-18(24)28-11-17(22(25)30)20(29)21(19(28)23(27)31)32-13-16-6-4-3-5-7-16/h3-7,11,15,18H,8-10,12-13H2,1-2H3,(H2,25,30)/t15-,18+,24-/m0/s1. The minimum Gasteiger partial charge on any atom is -0.483 e. The molecule has 0 unspecified atom stereocenters. The van der Waals surface area contributed by atoms with Crippen LogP contribution in [-0.4, -0.2) is 45.2 Å². The lowest BCUT2D eigenvalue weighted by Crippen LogP contribution is -2.52. The molecule has 9 nitrogen and oxygen atoms in total. The van der Waals surface area contributed by atoms with Gasteiger partial charge in [0.15, 0.2) is 17.0 Å². The number of nitrogens with two attached hydrogens (primary N) is 1. The van der Waals surface area contributed by atoms with Crippen LogP contribution < -0.4 is 15.9 Å². The maximum absolute atomic E-state index is 13.6. The molecule has 1 saturated heterocycles. The molecule has 1 spiro atoms. The van der Waals surface area contributed by atoms with E-state index in [1.165, 1.54) is 6.20 Å². The maximum atomic E-state index is 13.6. The molecule has 4 heterocycles. The van der Waals surface area contributed by atoms with Gasteiger partial charge in [-0.2, -0.15) is 0 Å². The summed E-state index contributed by atoms with van der Waals surface area (Å²) in [7, 11) is 0. The molecular weight excluding hydrogens is 424 g/mol. The molecule has 2 N–H and O–H groups in total. The molecular formula is C24H26N4O5. The van der Waals surface area contributed by atoms with E-state index in [-0.39, 0.29) is 41.6 Å². The Kier molecular flexibility index (Phi) is 4.99. The van der Waals surface area contributed by atoms with Crippen molar-refractivity contribution in [3.63, 3.8) is 0 Å². The molecule has 3 aliphatic heterocycles. The van der Waals surface area contributed by atoms with E-state index in [4.69, 9.17) is 15.3 Å². The van der Waals surface area contributed by atoms with Crippen molar-refractivity contribution >= 4 is 17.5 Å². The number of benzene rings is 1. The van der Waals surface area contributed by atoms with Crippen molar-refractivity contribution in [2.45, 2.75) is 57.4 Å². The molecule has 3 aliphatic rings. The number of nitrogens with zero attached hydrogens (tertiary/aromatic N) is 3. The van der Waals surface area contributed by atoms with Gasteiger partial charge in [0.1, 0.15) is 12.2 Å². The van der Waals surface area contributed by atoms with Gasteiger partial charge < -0.3 is 24.8 Å². The van der Waals surface area contributed by atoms with Gasteiger partial charge in [0.05, 0.1) is 11.8 Å². The first kappa shape index (κ1) is 21.2. The Balaban J connectivity index is 1.69. The van der Waals surface area contributed by atoms with E-state index in [0.717, 1.165) is 17.7 Å². The van der Waals surface area contributed by atoms with Crippen LogP contribution in [0.2, 0.25) is 0 Å². The largest absolute Gasteiger partial charge is 0.483 e. The molecule has 2 bridgehead atoms. The Hall–Kier alpha value is -3.62. The van der Waals surface area contributed by atoms with Gasteiger partial charge >= 0.3 is 0 Å². The number of primary amides is 1. The molecule has 0 radical (unpaired) electrons. The summed E-state index contributed by atoms with van der Waals surface area (Å²) in [6, 6.07) is 8.91. The highest BCUT2D eigenvalue weighted by atomic mass is 16.7.